The van der Waals surface area contributed by atoms with Crippen molar-refractivity contribution in [1.29, 1.82) is 0 Å². The Bertz CT molecular complexity index is 446. The fourth-order valence-corrected chi connectivity index (χ4v) is 2.54. The highest BCUT2D eigenvalue weighted by molar-refractivity contribution is 6.00. The van der Waals surface area contributed by atoms with Crippen LogP contribution in [-0.2, 0) is 11.2 Å². The number of anilines is 1. The molecule has 1 aromatic rings. The number of fused-ring (bicyclic) bond motifs is 1. The molecule has 0 saturated heterocycles. The summed E-state index contributed by atoms with van der Waals surface area (Å²) in [7, 11) is 1.72. The zero-order chi connectivity index (χ0) is 14.2. The van der Waals surface area contributed by atoms with E-state index in [0.29, 0.717) is 0 Å². The van der Waals surface area contributed by atoms with Crippen LogP contribution in [0.1, 0.15) is 41.6 Å². The molecule has 0 aromatic heterocycles. The van der Waals surface area contributed by atoms with Crippen molar-refractivity contribution in [3.05, 3.63) is 29.3 Å². The van der Waals surface area contributed by atoms with Gasteiger partial charge < -0.3 is 15.4 Å². The summed E-state index contributed by atoms with van der Waals surface area (Å²) in [5.41, 5.74) is 3.05. The number of nitrogens with one attached hydrogen (secondary N) is 2. The van der Waals surface area contributed by atoms with Gasteiger partial charge in [-0.25, -0.2) is 0 Å². The number of hydrogen-bond acceptors (Lipinski definition) is 3. The van der Waals surface area contributed by atoms with Gasteiger partial charge >= 0.3 is 0 Å². The molecule has 2 rings (SSSR count). The van der Waals surface area contributed by atoms with E-state index in [-0.39, 0.29) is 5.91 Å². The molecule has 0 aliphatic carbocycles. The Hall–Kier alpha value is -1.55. The number of methoxy groups -OCH3 is 1. The minimum Gasteiger partial charge on any atom is -0.385 e. The molecule has 2 N–H and O–H groups in total. The van der Waals surface area contributed by atoms with Crippen molar-refractivity contribution in [1.82, 2.24) is 5.32 Å². The molecule has 0 saturated carbocycles. The Morgan fingerprint density at radius 3 is 3.10 bits per heavy atom. The van der Waals surface area contributed by atoms with Crippen LogP contribution in [-0.4, -0.2) is 32.7 Å². The third-order valence-corrected chi connectivity index (χ3v) is 3.63. The molecule has 1 aliphatic rings. The van der Waals surface area contributed by atoms with Crippen molar-refractivity contribution in [3.8, 4) is 0 Å². The molecule has 110 valence electrons. The van der Waals surface area contributed by atoms with Gasteiger partial charge in [0.1, 0.15) is 0 Å². The summed E-state index contributed by atoms with van der Waals surface area (Å²) < 4.78 is 5.01. The van der Waals surface area contributed by atoms with Crippen molar-refractivity contribution >= 4 is 11.6 Å². The third kappa shape index (κ3) is 3.97. The molecule has 1 amide bonds. The third-order valence-electron chi connectivity index (χ3n) is 3.63. The van der Waals surface area contributed by atoms with Gasteiger partial charge in [-0.05, 0) is 43.7 Å². The van der Waals surface area contributed by atoms with Gasteiger partial charge in [-0.3, -0.25) is 4.79 Å². The Morgan fingerprint density at radius 2 is 2.25 bits per heavy atom. The van der Waals surface area contributed by atoms with Crippen LogP contribution in [0.25, 0.3) is 0 Å². The molecule has 0 bridgehead atoms. The van der Waals surface area contributed by atoms with Gasteiger partial charge in [-0.1, -0.05) is 12.1 Å². The summed E-state index contributed by atoms with van der Waals surface area (Å²) in [6, 6.07) is 5.97. The number of ether oxygens (including phenoxy) is 1. The number of para-hydroxylation sites is 1. The number of aryl methyl sites for hydroxylation is 1. The summed E-state index contributed by atoms with van der Waals surface area (Å²) in [5.74, 6) is 0.0305. The van der Waals surface area contributed by atoms with Crippen molar-refractivity contribution in [2.45, 2.75) is 32.1 Å². The number of hydrogen-bond donors (Lipinski definition) is 2. The second-order valence-corrected chi connectivity index (χ2v) is 5.18. The SMILES string of the molecule is COCCCCCNC(=O)c1cccc2c1NCCC2. The number of amides is 1. The normalized spacial score (nSPS) is 13.4. The van der Waals surface area contributed by atoms with Crippen LogP contribution >= 0.6 is 0 Å². The van der Waals surface area contributed by atoms with E-state index < -0.39 is 0 Å². The van der Waals surface area contributed by atoms with E-state index in [9.17, 15) is 4.79 Å². The first-order valence-electron chi connectivity index (χ1n) is 7.46. The summed E-state index contributed by atoms with van der Waals surface area (Å²) in [6.45, 7) is 2.48. The van der Waals surface area contributed by atoms with Gasteiger partial charge in [0.05, 0.1) is 11.3 Å². The average Bonchev–Trinajstić information content (AvgIpc) is 2.50. The van der Waals surface area contributed by atoms with Crippen LogP contribution < -0.4 is 10.6 Å². The minimum atomic E-state index is 0.0305. The van der Waals surface area contributed by atoms with Crippen LogP contribution in [0.2, 0.25) is 0 Å². The minimum absolute atomic E-state index is 0.0305. The predicted octanol–water partition coefficient (Wildman–Crippen LogP) is 2.59. The summed E-state index contributed by atoms with van der Waals surface area (Å²) in [5, 5.41) is 6.36. The lowest BCUT2D eigenvalue weighted by atomic mass is 9.99. The van der Waals surface area contributed by atoms with Crippen LogP contribution in [0.5, 0.6) is 0 Å². The molecule has 4 nitrogen and oxygen atoms in total. The molecule has 0 fully saturated rings. The maximum atomic E-state index is 12.2. The number of unbranched alkanes of at least 4 members (excludes halogenated alkanes) is 2. The van der Waals surface area contributed by atoms with Crippen LogP contribution in [0, 0.1) is 0 Å². The first-order valence-corrected chi connectivity index (χ1v) is 7.46. The van der Waals surface area contributed by atoms with Crippen molar-refractivity contribution in [2.75, 3.05) is 32.1 Å². The number of carbonyl (C=O) groups excluding carboxylic acids is 1. The van der Waals surface area contributed by atoms with E-state index >= 15 is 0 Å². The molecule has 1 aliphatic heterocycles. The summed E-state index contributed by atoms with van der Waals surface area (Å²) >= 11 is 0. The molecule has 0 unspecified atom stereocenters. The summed E-state index contributed by atoms with van der Waals surface area (Å²) in [4.78, 5) is 12.2. The van der Waals surface area contributed by atoms with Gasteiger partial charge in [-0.2, -0.15) is 0 Å². The fourth-order valence-electron chi connectivity index (χ4n) is 2.54. The average molecular weight is 276 g/mol. The van der Waals surface area contributed by atoms with Crippen LogP contribution in [0.4, 0.5) is 5.69 Å². The Kier molecular flexibility index (Phi) is 5.87. The first kappa shape index (κ1) is 14.9. The quantitative estimate of drug-likeness (QED) is 0.753. The molecule has 0 spiro atoms. The number of benzene rings is 1. The lowest BCUT2D eigenvalue weighted by Gasteiger charge is -2.20. The molecule has 0 radical (unpaired) electrons. The second-order valence-electron chi connectivity index (χ2n) is 5.18. The molecular weight excluding hydrogens is 252 g/mol. The van der Waals surface area contributed by atoms with E-state index in [0.717, 1.165) is 63.1 Å². The largest absolute Gasteiger partial charge is 0.385 e. The Labute approximate surface area is 120 Å². The molecule has 1 heterocycles. The lowest BCUT2D eigenvalue weighted by molar-refractivity contribution is 0.0953. The zero-order valence-electron chi connectivity index (χ0n) is 12.2. The van der Waals surface area contributed by atoms with Crippen LogP contribution in [0.15, 0.2) is 18.2 Å². The van der Waals surface area contributed by atoms with Gasteiger partial charge in [0.2, 0.25) is 0 Å². The van der Waals surface area contributed by atoms with Crippen molar-refractivity contribution < 1.29 is 9.53 Å². The lowest BCUT2D eigenvalue weighted by Crippen LogP contribution is -2.26. The molecule has 4 heteroatoms. The Balaban J connectivity index is 1.83. The maximum Gasteiger partial charge on any atom is 0.253 e. The molecule has 0 atom stereocenters. The number of rotatable bonds is 7. The van der Waals surface area contributed by atoms with E-state index in [4.69, 9.17) is 4.74 Å². The topological polar surface area (TPSA) is 50.4 Å². The monoisotopic (exact) mass is 276 g/mol. The van der Waals surface area contributed by atoms with Gasteiger partial charge in [0.15, 0.2) is 0 Å². The van der Waals surface area contributed by atoms with Gasteiger partial charge in [0.25, 0.3) is 5.91 Å². The van der Waals surface area contributed by atoms with E-state index in [1.807, 2.05) is 12.1 Å². The van der Waals surface area contributed by atoms with Gasteiger partial charge in [-0.15, -0.1) is 0 Å². The molecular formula is C16H24N2O2. The van der Waals surface area contributed by atoms with E-state index in [1.165, 1.54) is 5.56 Å². The maximum absolute atomic E-state index is 12.2. The number of carbonyl (C=O) groups is 1. The molecule has 20 heavy (non-hydrogen) atoms. The van der Waals surface area contributed by atoms with Gasteiger partial charge in [0, 0.05) is 26.8 Å². The standard InChI is InChI=1S/C16H24N2O2/c1-20-12-4-2-3-10-18-16(19)14-9-5-7-13-8-6-11-17-15(13)14/h5,7,9,17H,2-4,6,8,10-12H2,1H3,(H,18,19). The molecule has 1 aromatic carbocycles. The fraction of sp³-hybridized carbons (Fsp3) is 0.562. The van der Waals surface area contributed by atoms with E-state index in [2.05, 4.69) is 16.7 Å². The van der Waals surface area contributed by atoms with Crippen molar-refractivity contribution in [2.24, 2.45) is 0 Å². The summed E-state index contributed by atoms with van der Waals surface area (Å²) in [6.07, 6.45) is 5.32. The smallest absolute Gasteiger partial charge is 0.253 e. The first-order chi connectivity index (χ1) is 9.83. The predicted molar refractivity (Wildman–Crippen MR) is 81.3 cm³/mol. The highest BCUT2D eigenvalue weighted by Gasteiger charge is 2.16. The highest BCUT2D eigenvalue weighted by Crippen LogP contribution is 2.25. The second kappa shape index (κ2) is 7.90. The Morgan fingerprint density at radius 1 is 1.35 bits per heavy atom. The van der Waals surface area contributed by atoms with E-state index in [1.54, 1.807) is 7.11 Å². The zero-order valence-corrected chi connectivity index (χ0v) is 12.2. The van der Waals surface area contributed by atoms with Crippen molar-refractivity contribution in [3.63, 3.8) is 0 Å². The highest BCUT2D eigenvalue weighted by atomic mass is 16.5. The van der Waals surface area contributed by atoms with Crippen LogP contribution in [0.3, 0.4) is 0 Å².